The Balaban J connectivity index is 1.72. The molecule has 156 valence electrons. The molecule has 0 spiro atoms. The number of rotatable bonds is 4. The van der Waals surface area contributed by atoms with Gasteiger partial charge in [-0.15, -0.1) is 0 Å². The molecule has 1 fully saturated rings. The first kappa shape index (κ1) is 19.6. The van der Waals surface area contributed by atoms with Crippen molar-refractivity contribution in [3.63, 3.8) is 0 Å². The van der Waals surface area contributed by atoms with Gasteiger partial charge in [-0.25, -0.2) is 0 Å². The van der Waals surface area contributed by atoms with Crippen LogP contribution in [-0.2, 0) is 15.1 Å². The van der Waals surface area contributed by atoms with Gasteiger partial charge in [0.25, 0.3) is 0 Å². The number of ether oxygens (including phenoxy) is 1. The predicted octanol–water partition coefficient (Wildman–Crippen LogP) is 5.91. The maximum Gasteiger partial charge on any atom is 0.232 e. The van der Waals surface area contributed by atoms with Crippen LogP contribution in [0.2, 0.25) is 0 Å². The number of benzene rings is 3. The fraction of sp³-hybridized carbons (Fsp3) is 0.250. The van der Waals surface area contributed by atoms with E-state index in [4.69, 9.17) is 4.74 Å². The second kappa shape index (κ2) is 7.42. The average Bonchev–Trinajstić information content (AvgIpc) is 3.12. The van der Waals surface area contributed by atoms with Crippen molar-refractivity contribution in [2.45, 2.75) is 31.3 Å². The minimum atomic E-state index is -0.466. The normalized spacial score (nSPS) is 22.5. The third kappa shape index (κ3) is 2.99. The van der Waals surface area contributed by atoms with Gasteiger partial charge in [0.2, 0.25) is 5.91 Å². The zero-order valence-corrected chi connectivity index (χ0v) is 18.2. The molecule has 3 nitrogen and oxygen atoms in total. The standard InChI is InChI=1S/C28H27NO2/c1-28(2,20-14-8-5-9-15-20)29-26(19-12-6-4-7-13-19)23-18-24(31-3)21-16-10-11-17-22(21)25(23)27(29)30/h4-18,23,25-26H,1-3H3/t23-,25+,26+/m0/s1. The van der Waals surface area contributed by atoms with Crippen LogP contribution in [0.15, 0.2) is 91.0 Å². The number of amides is 1. The third-order valence-electron chi connectivity index (χ3n) is 6.88. The summed E-state index contributed by atoms with van der Waals surface area (Å²) in [6.07, 6.45) is 2.17. The molecule has 1 saturated heterocycles. The summed E-state index contributed by atoms with van der Waals surface area (Å²) in [5.74, 6) is 0.808. The molecule has 31 heavy (non-hydrogen) atoms. The number of fused-ring (bicyclic) bond motifs is 3. The van der Waals surface area contributed by atoms with E-state index >= 15 is 0 Å². The average molecular weight is 410 g/mol. The molecule has 0 bridgehead atoms. The van der Waals surface area contributed by atoms with Crippen molar-refractivity contribution in [1.82, 2.24) is 4.90 Å². The summed E-state index contributed by atoms with van der Waals surface area (Å²) in [6, 6.07) is 28.8. The molecule has 1 amide bonds. The summed E-state index contributed by atoms with van der Waals surface area (Å²) in [5.41, 5.74) is 3.90. The van der Waals surface area contributed by atoms with Crippen LogP contribution in [0.3, 0.4) is 0 Å². The Morgan fingerprint density at radius 3 is 2.13 bits per heavy atom. The van der Waals surface area contributed by atoms with Gasteiger partial charge in [0.05, 0.1) is 24.6 Å². The Labute approximate surface area is 184 Å². The number of carbonyl (C=O) groups is 1. The van der Waals surface area contributed by atoms with Gasteiger partial charge in [-0.3, -0.25) is 4.79 Å². The maximum atomic E-state index is 14.2. The summed E-state index contributed by atoms with van der Waals surface area (Å²) in [5, 5.41) is 0. The maximum absolute atomic E-state index is 14.2. The van der Waals surface area contributed by atoms with Gasteiger partial charge in [0, 0.05) is 11.5 Å². The summed E-state index contributed by atoms with van der Waals surface area (Å²) >= 11 is 0. The molecule has 2 aliphatic rings. The molecule has 1 aliphatic carbocycles. The highest BCUT2D eigenvalue weighted by Gasteiger charge is 2.55. The van der Waals surface area contributed by atoms with Crippen LogP contribution in [0.1, 0.15) is 48.1 Å². The van der Waals surface area contributed by atoms with Crippen molar-refractivity contribution in [2.24, 2.45) is 5.92 Å². The van der Waals surface area contributed by atoms with Crippen LogP contribution in [0.25, 0.3) is 5.76 Å². The van der Waals surface area contributed by atoms with E-state index < -0.39 is 5.54 Å². The SMILES string of the molecule is COC1=C[C@H]2[C@H](C(=O)N(C(C)(C)c3ccccc3)[C@@H]2c2ccccc2)c2ccccc21. The highest BCUT2D eigenvalue weighted by Crippen LogP contribution is 2.55. The van der Waals surface area contributed by atoms with Gasteiger partial charge in [-0.2, -0.15) is 0 Å². The van der Waals surface area contributed by atoms with Gasteiger partial charge < -0.3 is 9.64 Å². The lowest BCUT2D eigenvalue weighted by Gasteiger charge is -2.41. The van der Waals surface area contributed by atoms with Crippen LogP contribution < -0.4 is 0 Å². The zero-order valence-electron chi connectivity index (χ0n) is 18.2. The Kier molecular flexibility index (Phi) is 4.70. The molecular weight excluding hydrogens is 382 g/mol. The van der Waals surface area contributed by atoms with Gasteiger partial charge in [-0.05, 0) is 36.6 Å². The van der Waals surface area contributed by atoms with E-state index in [2.05, 4.69) is 73.4 Å². The molecule has 0 saturated carbocycles. The summed E-state index contributed by atoms with van der Waals surface area (Å²) < 4.78 is 5.78. The van der Waals surface area contributed by atoms with Crippen LogP contribution in [0.5, 0.6) is 0 Å². The van der Waals surface area contributed by atoms with E-state index in [9.17, 15) is 4.79 Å². The first-order valence-corrected chi connectivity index (χ1v) is 10.8. The topological polar surface area (TPSA) is 29.5 Å². The molecule has 0 aromatic heterocycles. The molecule has 3 aromatic rings. The van der Waals surface area contributed by atoms with Gasteiger partial charge in [0.1, 0.15) is 5.76 Å². The molecule has 3 aromatic carbocycles. The van der Waals surface area contributed by atoms with Crippen LogP contribution >= 0.6 is 0 Å². The van der Waals surface area contributed by atoms with Crippen molar-refractivity contribution in [2.75, 3.05) is 7.11 Å². The lowest BCUT2D eigenvalue weighted by molar-refractivity contribution is -0.136. The fourth-order valence-corrected chi connectivity index (χ4v) is 5.40. The largest absolute Gasteiger partial charge is 0.496 e. The molecule has 3 heteroatoms. The van der Waals surface area contributed by atoms with Gasteiger partial charge in [0.15, 0.2) is 0 Å². The first-order chi connectivity index (χ1) is 15.0. The number of nitrogens with zero attached hydrogens (tertiary/aromatic N) is 1. The first-order valence-electron chi connectivity index (χ1n) is 10.8. The number of methoxy groups -OCH3 is 1. The number of hydrogen-bond acceptors (Lipinski definition) is 2. The third-order valence-corrected chi connectivity index (χ3v) is 6.88. The Bertz CT molecular complexity index is 1130. The minimum Gasteiger partial charge on any atom is -0.496 e. The lowest BCUT2D eigenvalue weighted by Crippen LogP contribution is -2.44. The second-order valence-corrected chi connectivity index (χ2v) is 8.87. The lowest BCUT2D eigenvalue weighted by atomic mass is 9.76. The van der Waals surface area contributed by atoms with E-state index in [1.807, 2.05) is 36.4 Å². The number of hydrogen-bond donors (Lipinski definition) is 0. The molecule has 0 radical (unpaired) electrons. The van der Waals surface area contributed by atoms with Crippen molar-refractivity contribution in [1.29, 1.82) is 0 Å². The molecule has 1 heterocycles. The van der Waals surface area contributed by atoms with Crippen molar-refractivity contribution >= 4 is 11.7 Å². The molecule has 0 unspecified atom stereocenters. The Morgan fingerprint density at radius 2 is 1.45 bits per heavy atom. The summed E-state index contributed by atoms with van der Waals surface area (Å²) in [6.45, 7) is 4.31. The molecule has 1 aliphatic heterocycles. The summed E-state index contributed by atoms with van der Waals surface area (Å²) in [7, 11) is 1.71. The van der Waals surface area contributed by atoms with Crippen molar-refractivity contribution < 1.29 is 9.53 Å². The molecule has 3 atom stereocenters. The van der Waals surface area contributed by atoms with E-state index in [1.54, 1.807) is 7.11 Å². The number of likely N-dealkylation sites (tertiary alicyclic amines) is 1. The Hall–Kier alpha value is -3.33. The molecular formula is C28H27NO2. The van der Waals surface area contributed by atoms with Crippen LogP contribution in [0.4, 0.5) is 0 Å². The smallest absolute Gasteiger partial charge is 0.232 e. The van der Waals surface area contributed by atoms with Crippen LogP contribution in [0, 0.1) is 5.92 Å². The van der Waals surface area contributed by atoms with Gasteiger partial charge >= 0.3 is 0 Å². The Morgan fingerprint density at radius 1 is 0.839 bits per heavy atom. The zero-order chi connectivity index (χ0) is 21.6. The van der Waals surface area contributed by atoms with Crippen molar-refractivity contribution in [3.05, 3.63) is 113 Å². The van der Waals surface area contributed by atoms with Crippen LogP contribution in [-0.4, -0.2) is 17.9 Å². The predicted molar refractivity (Wildman–Crippen MR) is 123 cm³/mol. The highest BCUT2D eigenvalue weighted by atomic mass is 16.5. The van der Waals surface area contributed by atoms with E-state index in [-0.39, 0.29) is 23.8 Å². The number of carbonyl (C=O) groups excluding carboxylic acids is 1. The van der Waals surface area contributed by atoms with E-state index in [0.29, 0.717) is 0 Å². The highest BCUT2D eigenvalue weighted by molar-refractivity contribution is 5.92. The quantitative estimate of drug-likeness (QED) is 0.536. The van der Waals surface area contributed by atoms with Gasteiger partial charge in [-0.1, -0.05) is 84.9 Å². The molecule has 5 rings (SSSR count). The summed E-state index contributed by atoms with van der Waals surface area (Å²) in [4.78, 5) is 16.3. The van der Waals surface area contributed by atoms with E-state index in [0.717, 1.165) is 28.0 Å². The monoisotopic (exact) mass is 409 g/mol. The van der Waals surface area contributed by atoms with Crippen molar-refractivity contribution in [3.8, 4) is 0 Å². The van der Waals surface area contributed by atoms with E-state index in [1.165, 1.54) is 0 Å². The minimum absolute atomic E-state index is 0.00253. The molecule has 0 N–H and O–H groups in total. The second-order valence-electron chi connectivity index (χ2n) is 8.87. The fourth-order valence-electron chi connectivity index (χ4n) is 5.40.